The number of carboxylic acids is 1. The molecule has 0 aromatic heterocycles. The molecular formula is C19H20ClNO4S. The second kappa shape index (κ2) is 7.39. The second-order valence-electron chi connectivity index (χ2n) is 6.68. The van der Waals surface area contributed by atoms with Gasteiger partial charge in [0.2, 0.25) is 10.0 Å². The Labute approximate surface area is 158 Å². The molecule has 5 nitrogen and oxygen atoms in total. The number of rotatable bonds is 7. The first-order valence-electron chi connectivity index (χ1n) is 8.37. The number of carbonyl (C=O) groups is 1. The Morgan fingerprint density at radius 2 is 1.69 bits per heavy atom. The van der Waals surface area contributed by atoms with Crippen molar-refractivity contribution in [2.45, 2.75) is 36.0 Å². The molecule has 0 atom stereocenters. The Balaban J connectivity index is 1.74. The van der Waals surface area contributed by atoms with Crippen molar-refractivity contribution in [2.75, 3.05) is 6.54 Å². The first kappa shape index (κ1) is 18.9. The van der Waals surface area contributed by atoms with E-state index in [1.165, 1.54) is 12.1 Å². The van der Waals surface area contributed by atoms with E-state index in [9.17, 15) is 13.2 Å². The highest BCUT2D eigenvalue weighted by Gasteiger charge is 2.39. The zero-order chi connectivity index (χ0) is 18.8. The molecule has 26 heavy (non-hydrogen) atoms. The van der Waals surface area contributed by atoms with Crippen LogP contribution >= 0.6 is 11.6 Å². The number of carboxylic acid groups (broad SMARTS) is 1. The van der Waals surface area contributed by atoms with Gasteiger partial charge in [-0.15, -0.1) is 0 Å². The number of aliphatic carboxylic acids is 1. The van der Waals surface area contributed by atoms with Crippen LogP contribution < -0.4 is 4.72 Å². The van der Waals surface area contributed by atoms with E-state index in [1.54, 1.807) is 24.3 Å². The summed E-state index contributed by atoms with van der Waals surface area (Å²) in [6.45, 7) is 0.316. The lowest BCUT2D eigenvalue weighted by atomic mass is 9.64. The van der Waals surface area contributed by atoms with E-state index in [1.807, 2.05) is 12.1 Å². The van der Waals surface area contributed by atoms with Crippen LogP contribution in [-0.4, -0.2) is 26.0 Å². The van der Waals surface area contributed by atoms with Gasteiger partial charge in [-0.25, -0.2) is 13.1 Å². The van der Waals surface area contributed by atoms with Gasteiger partial charge in [0.1, 0.15) is 0 Å². The minimum atomic E-state index is -3.60. The average molecular weight is 394 g/mol. The third-order valence-electron chi connectivity index (χ3n) is 4.96. The minimum absolute atomic E-state index is 0.0174. The quantitative estimate of drug-likeness (QED) is 0.755. The van der Waals surface area contributed by atoms with Crippen LogP contribution in [0.15, 0.2) is 53.4 Å². The smallest absolute Gasteiger partial charge is 0.307 e. The van der Waals surface area contributed by atoms with Gasteiger partial charge in [-0.3, -0.25) is 4.79 Å². The summed E-state index contributed by atoms with van der Waals surface area (Å²) in [4.78, 5) is 11.0. The zero-order valence-electron chi connectivity index (χ0n) is 14.1. The Morgan fingerprint density at radius 1 is 1.08 bits per heavy atom. The molecule has 1 saturated carbocycles. The predicted molar refractivity (Wildman–Crippen MR) is 100.0 cm³/mol. The van der Waals surface area contributed by atoms with Crippen molar-refractivity contribution in [1.29, 1.82) is 0 Å². The van der Waals surface area contributed by atoms with Crippen LogP contribution in [0.5, 0.6) is 0 Å². The standard InChI is InChI=1S/C19H20ClNO4S/c20-16-6-8-17(9-7-16)26(24,25)21-13-19(10-1-11-19)15-4-2-14(3-5-15)12-18(22)23/h2-9,21H,1,10-13H2,(H,22,23). The van der Waals surface area contributed by atoms with Crippen molar-refractivity contribution < 1.29 is 18.3 Å². The summed E-state index contributed by atoms with van der Waals surface area (Å²) in [5, 5.41) is 9.35. The summed E-state index contributed by atoms with van der Waals surface area (Å²) in [7, 11) is -3.60. The highest BCUT2D eigenvalue weighted by molar-refractivity contribution is 7.89. The zero-order valence-corrected chi connectivity index (χ0v) is 15.7. The first-order valence-corrected chi connectivity index (χ1v) is 10.2. The van der Waals surface area contributed by atoms with Gasteiger partial charge in [0.15, 0.2) is 0 Å². The number of hydrogen-bond acceptors (Lipinski definition) is 3. The molecule has 2 aromatic carbocycles. The van der Waals surface area contributed by atoms with E-state index in [0.29, 0.717) is 11.6 Å². The highest BCUT2D eigenvalue weighted by Crippen LogP contribution is 2.43. The molecule has 0 radical (unpaired) electrons. The highest BCUT2D eigenvalue weighted by atomic mass is 35.5. The molecule has 138 valence electrons. The molecule has 0 bridgehead atoms. The van der Waals surface area contributed by atoms with Crippen LogP contribution in [0.25, 0.3) is 0 Å². The SMILES string of the molecule is O=C(O)Cc1ccc(C2(CNS(=O)(=O)c3ccc(Cl)cc3)CCC2)cc1. The Hall–Kier alpha value is -1.89. The molecule has 0 saturated heterocycles. The second-order valence-corrected chi connectivity index (χ2v) is 8.88. The van der Waals surface area contributed by atoms with E-state index >= 15 is 0 Å². The van der Waals surface area contributed by atoms with Crippen molar-refractivity contribution in [1.82, 2.24) is 4.72 Å². The molecule has 0 amide bonds. The van der Waals surface area contributed by atoms with Crippen LogP contribution in [0.3, 0.4) is 0 Å². The molecule has 0 unspecified atom stereocenters. The molecule has 2 aromatic rings. The van der Waals surface area contributed by atoms with Crippen LogP contribution in [0.2, 0.25) is 5.02 Å². The van der Waals surface area contributed by atoms with E-state index in [4.69, 9.17) is 16.7 Å². The van der Waals surface area contributed by atoms with Crippen LogP contribution in [0.4, 0.5) is 0 Å². The maximum absolute atomic E-state index is 12.5. The van der Waals surface area contributed by atoms with Crippen LogP contribution in [0.1, 0.15) is 30.4 Å². The summed E-state index contributed by atoms with van der Waals surface area (Å²) < 4.78 is 27.8. The van der Waals surface area contributed by atoms with E-state index in [-0.39, 0.29) is 16.7 Å². The maximum atomic E-state index is 12.5. The molecule has 1 aliphatic rings. The first-order chi connectivity index (χ1) is 12.3. The monoisotopic (exact) mass is 393 g/mol. The summed E-state index contributed by atoms with van der Waals surface area (Å²) >= 11 is 5.82. The third kappa shape index (κ3) is 4.09. The fourth-order valence-corrected chi connectivity index (χ4v) is 4.51. The van der Waals surface area contributed by atoms with Gasteiger partial charge in [0, 0.05) is 17.0 Å². The molecule has 1 fully saturated rings. The molecule has 0 heterocycles. The number of nitrogens with one attached hydrogen (secondary N) is 1. The van der Waals surface area contributed by atoms with Crippen molar-refractivity contribution in [3.63, 3.8) is 0 Å². The van der Waals surface area contributed by atoms with Crippen molar-refractivity contribution in [2.24, 2.45) is 0 Å². The Bertz CT molecular complexity index is 888. The van der Waals surface area contributed by atoms with E-state index in [2.05, 4.69) is 4.72 Å². The molecule has 0 spiro atoms. The lowest BCUT2D eigenvalue weighted by Gasteiger charge is -2.42. The topological polar surface area (TPSA) is 83.5 Å². The summed E-state index contributed by atoms with van der Waals surface area (Å²) in [6, 6.07) is 13.5. The fraction of sp³-hybridized carbons (Fsp3) is 0.316. The van der Waals surface area contributed by atoms with Gasteiger partial charge >= 0.3 is 5.97 Å². The number of benzene rings is 2. The van der Waals surface area contributed by atoms with Gasteiger partial charge in [-0.1, -0.05) is 42.3 Å². The van der Waals surface area contributed by atoms with Crippen LogP contribution in [0, 0.1) is 0 Å². The van der Waals surface area contributed by atoms with E-state index in [0.717, 1.165) is 30.4 Å². The summed E-state index contributed by atoms with van der Waals surface area (Å²) in [6.07, 6.45) is 2.82. The number of sulfonamides is 1. The summed E-state index contributed by atoms with van der Waals surface area (Å²) in [5.74, 6) is -0.869. The third-order valence-corrected chi connectivity index (χ3v) is 6.63. The normalized spacial score (nSPS) is 16.0. The lowest BCUT2D eigenvalue weighted by Crippen LogP contribution is -2.45. The predicted octanol–water partition coefficient (Wildman–Crippen LogP) is 3.37. The Kier molecular flexibility index (Phi) is 5.37. The number of halogens is 1. The van der Waals surface area contributed by atoms with Gasteiger partial charge in [0.25, 0.3) is 0 Å². The molecule has 7 heteroatoms. The largest absolute Gasteiger partial charge is 0.481 e. The van der Waals surface area contributed by atoms with Crippen molar-refractivity contribution in [3.8, 4) is 0 Å². The van der Waals surface area contributed by atoms with Gasteiger partial charge in [0.05, 0.1) is 11.3 Å². The number of hydrogen-bond donors (Lipinski definition) is 2. The minimum Gasteiger partial charge on any atom is -0.481 e. The Morgan fingerprint density at radius 3 is 2.19 bits per heavy atom. The van der Waals surface area contributed by atoms with Gasteiger partial charge in [-0.2, -0.15) is 0 Å². The van der Waals surface area contributed by atoms with Gasteiger partial charge < -0.3 is 5.11 Å². The van der Waals surface area contributed by atoms with Gasteiger partial charge in [-0.05, 0) is 48.2 Å². The summed E-state index contributed by atoms with van der Waals surface area (Å²) in [5.41, 5.74) is 1.54. The average Bonchev–Trinajstić information content (AvgIpc) is 2.55. The molecule has 3 rings (SSSR count). The van der Waals surface area contributed by atoms with Crippen molar-refractivity contribution in [3.05, 3.63) is 64.7 Å². The fourth-order valence-electron chi connectivity index (χ4n) is 3.25. The van der Waals surface area contributed by atoms with E-state index < -0.39 is 16.0 Å². The lowest BCUT2D eigenvalue weighted by molar-refractivity contribution is -0.136. The van der Waals surface area contributed by atoms with Crippen LogP contribution in [-0.2, 0) is 26.7 Å². The van der Waals surface area contributed by atoms with Crippen molar-refractivity contribution >= 4 is 27.6 Å². The maximum Gasteiger partial charge on any atom is 0.307 e. The molecule has 0 aliphatic heterocycles. The molecule has 1 aliphatic carbocycles. The molecular weight excluding hydrogens is 374 g/mol. The molecule has 2 N–H and O–H groups in total.